The van der Waals surface area contributed by atoms with Crippen LogP contribution in [0.25, 0.3) is 0 Å². The van der Waals surface area contributed by atoms with Crippen LogP contribution in [0.5, 0.6) is 69.0 Å². The van der Waals surface area contributed by atoms with E-state index in [0.29, 0.717) is 157 Å². The molecule has 2 aliphatic carbocycles. The Balaban J connectivity index is 0.598. The highest BCUT2D eigenvalue weighted by atomic mass is 127. The molecule has 13 rings (SSSR count). The fraction of sp³-hybridized carbons (Fsp3) is 0.250. The number of halogens is 2. The number of fused-ring (bicyclic) bond motifs is 20. The summed E-state index contributed by atoms with van der Waals surface area (Å²) >= 11 is 4.65. The minimum atomic E-state index is 0.127. The van der Waals surface area contributed by atoms with E-state index in [1.807, 2.05) is 194 Å². The van der Waals surface area contributed by atoms with Crippen LogP contribution in [0.15, 0.2) is 194 Å². The van der Waals surface area contributed by atoms with E-state index in [1.54, 1.807) is 0 Å². The molecule has 0 radical (unpaired) electrons. The van der Waals surface area contributed by atoms with Gasteiger partial charge < -0.3 is 59.8 Å². The van der Waals surface area contributed by atoms with Crippen molar-refractivity contribution < 1.29 is 59.8 Å². The predicted molar refractivity (Wildman–Crippen MR) is 417 cm³/mol. The van der Waals surface area contributed by atoms with E-state index in [0.717, 1.165) is 126 Å². The molecule has 14 heteroatoms. The summed E-state index contributed by atoms with van der Waals surface area (Å²) in [6.07, 6.45) is 10.6. The third-order valence-corrected chi connectivity index (χ3v) is 21.5. The maximum atomic E-state index is 11.8. The molecule has 0 saturated heterocycles. The molecule has 102 heavy (non-hydrogen) atoms. The van der Waals surface area contributed by atoms with Crippen molar-refractivity contribution >= 4 is 45.2 Å². The van der Waals surface area contributed by atoms with Crippen LogP contribution < -0.4 is 18.9 Å². The lowest BCUT2D eigenvalue weighted by atomic mass is 9.91. The van der Waals surface area contributed by atoms with Crippen molar-refractivity contribution in [1.29, 1.82) is 0 Å². The zero-order valence-corrected chi connectivity index (χ0v) is 61.3. The Bertz CT molecular complexity index is 4280. The molecule has 0 unspecified atom stereocenters. The summed E-state index contributed by atoms with van der Waals surface area (Å²) in [5, 5.41) is 93.7. The number of phenols is 8. The van der Waals surface area contributed by atoms with Crippen LogP contribution in [0.4, 0.5) is 0 Å². The number of hydrogen-bond acceptors (Lipinski definition) is 12. The first-order chi connectivity index (χ1) is 49.7. The maximum absolute atomic E-state index is 11.8. The second kappa shape index (κ2) is 33.1. The first-order valence-corrected chi connectivity index (χ1v) is 37.5. The average Bonchev–Trinajstić information content (AvgIpc) is 0.803. The SMILES string of the molecule is Oc1c2cccc1Cc1cccc(c1O)Cc1cccc(c1OCCCCCCOc1cc(I)c(OCCCCCCOc3c4cccc3Cc3cccc(c3O)Cc3cccc(c3O)Cc3cccc(c3O)Cc3cccc(c3O)C4)cc1I)Cc1cccc(c1O)Cc1cccc(c1O)C2. The molecule has 12 nitrogen and oxygen atoms in total. The Hall–Kier alpha value is -9.52. The lowest BCUT2D eigenvalue weighted by molar-refractivity contribution is 0.280. The van der Waals surface area contributed by atoms with E-state index in [4.69, 9.17) is 18.9 Å². The maximum Gasteiger partial charge on any atom is 0.133 e. The molecule has 8 N–H and O–H groups in total. The lowest BCUT2D eigenvalue weighted by Gasteiger charge is -2.19. The fourth-order valence-electron chi connectivity index (χ4n) is 14.3. The first kappa shape index (κ1) is 70.9. The zero-order chi connectivity index (χ0) is 70.6. The second-order valence-corrected chi connectivity index (χ2v) is 29.2. The smallest absolute Gasteiger partial charge is 0.133 e. The van der Waals surface area contributed by atoms with Crippen LogP contribution in [0.2, 0.25) is 0 Å². The number of rotatable bonds is 18. The third-order valence-electron chi connectivity index (χ3n) is 19.9. The molecule has 20 bridgehead atoms. The van der Waals surface area contributed by atoms with Crippen LogP contribution in [-0.4, -0.2) is 67.3 Å². The van der Waals surface area contributed by atoms with Gasteiger partial charge >= 0.3 is 0 Å². The summed E-state index contributed by atoms with van der Waals surface area (Å²) in [5.74, 6) is 4.28. The van der Waals surface area contributed by atoms with Gasteiger partial charge in [0.1, 0.15) is 69.0 Å². The molecule has 0 amide bonds. The fourth-order valence-corrected chi connectivity index (χ4v) is 15.4. The summed E-state index contributed by atoms with van der Waals surface area (Å²) in [7, 11) is 0. The molecular weight excluding hydrogens is 1500 g/mol. The number of hydrogen-bond donors (Lipinski definition) is 8. The predicted octanol–water partition coefficient (Wildman–Crippen LogP) is 19.1. The Morgan fingerprint density at radius 3 is 0.529 bits per heavy atom. The van der Waals surface area contributed by atoms with E-state index in [1.165, 1.54) is 0 Å². The number of benzene rings is 11. The molecule has 2 aliphatic rings. The van der Waals surface area contributed by atoms with Gasteiger partial charge in [0, 0.05) is 64.2 Å². The standard InChI is InChI=1S/C88H84I2O12/c89-75-54-78(100-40-6-2-4-8-42-102-88-73-37-18-38-74(88)52-70-34-16-30-66(86(70)98)48-62-26-12-22-58(82(62)94)44-57-21-11-25-61(81(57)93)47-65-29-15-33-69(51-73)85(65)97)76(90)53-77(75)99-39-5-1-3-7-41-101-87-71-35-17-36-72(87)50-68-32-14-28-64(84(68)96)46-60-24-10-20-56(80(60)92)43-55-19-9-23-59(79(55)91)45-63-27-13-31-67(49-71)83(63)95/h9-38,53-54,91-98H,1-8,39-52H2. The largest absolute Gasteiger partial charge is 0.507 e. The van der Waals surface area contributed by atoms with Crippen LogP contribution in [0.3, 0.4) is 0 Å². The summed E-state index contributed by atoms with van der Waals surface area (Å²) in [4.78, 5) is 0. The van der Waals surface area contributed by atoms with Gasteiger partial charge in [-0.3, -0.25) is 0 Å². The summed E-state index contributed by atoms with van der Waals surface area (Å²) in [6, 6.07) is 61.7. The number of unbranched alkanes of at least 4 members (excludes halogenated alkanes) is 6. The molecule has 0 aromatic heterocycles. The highest BCUT2D eigenvalue weighted by Crippen LogP contribution is 2.42. The minimum absolute atomic E-state index is 0.127. The van der Waals surface area contributed by atoms with Gasteiger partial charge in [0.05, 0.1) is 33.6 Å². The summed E-state index contributed by atoms with van der Waals surface area (Å²) < 4.78 is 28.2. The molecular formula is C88H84I2O12. The first-order valence-electron chi connectivity index (χ1n) is 35.3. The minimum Gasteiger partial charge on any atom is -0.507 e. The van der Waals surface area contributed by atoms with Crippen LogP contribution >= 0.6 is 45.2 Å². The van der Waals surface area contributed by atoms with E-state index >= 15 is 0 Å². The van der Waals surface area contributed by atoms with Crippen molar-refractivity contribution in [2.75, 3.05) is 26.4 Å². The van der Waals surface area contributed by atoms with Crippen molar-refractivity contribution in [1.82, 2.24) is 0 Å². The Morgan fingerprint density at radius 2 is 0.353 bits per heavy atom. The van der Waals surface area contributed by atoms with Gasteiger partial charge in [-0.25, -0.2) is 0 Å². The van der Waals surface area contributed by atoms with Crippen LogP contribution in [0.1, 0.15) is 163 Å². The van der Waals surface area contributed by atoms with Crippen molar-refractivity contribution in [3.8, 4) is 69.0 Å². The Kier molecular flexibility index (Phi) is 23.0. The molecule has 0 spiro atoms. The van der Waals surface area contributed by atoms with Crippen molar-refractivity contribution in [2.24, 2.45) is 0 Å². The molecule has 0 aliphatic heterocycles. The summed E-state index contributed by atoms with van der Waals surface area (Å²) in [5.41, 5.74) is 14.7. The van der Waals surface area contributed by atoms with Gasteiger partial charge in [-0.1, -0.05) is 182 Å². The topological polar surface area (TPSA) is 199 Å². The quantitative estimate of drug-likeness (QED) is 0.0299. The molecule has 522 valence electrons. The molecule has 11 aromatic rings. The van der Waals surface area contributed by atoms with Gasteiger partial charge in [-0.15, -0.1) is 0 Å². The van der Waals surface area contributed by atoms with Gasteiger partial charge in [-0.05, 0) is 220 Å². The highest BCUT2D eigenvalue weighted by Gasteiger charge is 2.24. The molecule has 11 aromatic carbocycles. The Morgan fingerprint density at radius 1 is 0.206 bits per heavy atom. The van der Waals surface area contributed by atoms with Gasteiger partial charge in [-0.2, -0.15) is 0 Å². The Labute approximate surface area is 623 Å². The van der Waals surface area contributed by atoms with E-state index in [9.17, 15) is 40.9 Å². The third kappa shape index (κ3) is 16.7. The normalized spacial score (nSPS) is 12.8. The van der Waals surface area contributed by atoms with Crippen molar-refractivity contribution in [3.05, 3.63) is 313 Å². The van der Waals surface area contributed by atoms with E-state index < -0.39 is 0 Å². The number of phenolic OH excluding ortho intramolecular Hbond substituents is 8. The lowest BCUT2D eigenvalue weighted by Crippen LogP contribution is -2.06. The van der Waals surface area contributed by atoms with Crippen molar-refractivity contribution in [2.45, 2.75) is 116 Å². The monoisotopic (exact) mass is 1590 g/mol. The van der Waals surface area contributed by atoms with Gasteiger partial charge in [0.25, 0.3) is 0 Å². The van der Waals surface area contributed by atoms with Gasteiger partial charge in [0.15, 0.2) is 0 Å². The van der Waals surface area contributed by atoms with Gasteiger partial charge in [0.2, 0.25) is 0 Å². The zero-order valence-electron chi connectivity index (χ0n) is 57.0. The molecule has 0 fully saturated rings. The molecule has 0 heterocycles. The average molecular weight is 1590 g/mol. The van der Waals surface area contributed by atoms with E-state index in [-0.39, 0.29) is 46.0 Å². The number of aromatic hydroxyl groups is 8. The number of para-hydroxylation sites is 10. The van der Waals surface area contributed by atoms with Crippen LogP contribution in [-0.2, 0) is 64.2 Å². The molecule has 0 atom stereocenters. The molecule has 0 saturated carbocycles. The summed E-state index contributed by atoms with van der Waals surface area (Å²) in [6.45, 7) is 2.08. The van der Waals surface area contributed by atoms with E-state index in [2.05, 4.69) is 45.2 Å². The van der Waals surface area contributed by atoms with Crippen LogP contribution in [0, 0.1) is 7.14 Å². The highest BCUT2D eigenvalue weighted by molar-refractivity contribution is 14.1. The van der Waals surface area contributed by atoms with Crippen molar-refractivity contribution in [3.63, 3.8) is 0 Å². The number of ether oxygens (including phenoxy) is 4. The second-order valence-electron chi connectivity index (χ2n) is 26.9.